The molecular formula is C37H43N3O8. The predicted octanol–water partition coefficient (Wildman–Crippen LogP) is 7.85. The van der Waals surface area contributed by atoms with Gasteiger partial charge in [0, 0.05) is 23.7 Å². The van der Waals surface area contributed by atoms with Crippen LogP contribution in [0.25, 0.3) is 10.8 Å². The molecule has 1 atom stereocenters. The van der Waals surface area contributed by atoms with Crippen LogP contribution in [0.1, 0.15) is 71.6 Å². The summed E-state index contributed by atoms with van der Waals surface area (Å²) in [4.78, 5) is 47.9. The summed E-state index contributed by atoms with van der Waals surface area (Å²) < 4.78 is 16.6. The van der Waals surface area contributed by atoms with Crippen LogP contribution in [-0.4, -0.2) is 45.9 Å². The molecule has 0 bridgehead atoms. The van der Waals surface area contributed by atoms with E-state index in [1.807, 2.05) is 51.1 Å². The Balaban J connectivity index is 1.40. The van der Waals surface area contributed by atoms with Crippen molar-refractivity contribution in [2.24, 2.45) is 0 Å². The Bertz CT molecular complexity index is 1700. The number of anilines is 2. The number of hydroxylamine groups is 1. The molecular weight excluding hydrogens is 614 g/mol. The average molecular weight is 658 g/mol. The van der Waals surface area contributed by atoms with E-state index < -0.39 is 29.3 Å². The summed E-state index contributed by atoms with van der Waals surface area (Å²) in [6.45, 7) is 11.3. The van der Waals surface area contributed by atoms with Gasteiger partial charge in [-0.3, -0.25) is 9.63 Å². The number of hydrogen-bond donors (Lipinski definition) is 2. The SMILES string of the molecule is CC(C)(C)OC(=O)N(OC(C)(C)C)c1nccc2cc(NC(C(=O)O)c3ccc(OCCCC(=O)OCc4ccccc4)cc3)ccc12. The Labute approximate surface area is 280 Å². The van der Waals surface area contributed by atoms with Crippen molar-refractivity contribution in [2.45, 2.75) is 78.2 Å². The number of ether oxygens (including phenoxy) is 3. The van der Waals surface area contributed by atoms with E-state index >= 15 is 0 Å². The van der Waals surface area contributed by atoms with Gasteiger partial charge in [-0.15, -0.1) is 5.06 Å². The molecule has 0 aliphatic carbocycles. The lowest BCUT2D eigenvalue weighted by Crippen LogP contribution is -2.42. The molecule has 254 valence electrons. The fraction of sp³-hybridized carbons (Fsp3) is 0.351. The Hall–Kier alpha value is -5.16. The van der Waals surface area contributed by atoms with Crippen molar-refractivity contribution in [1.82, 2.24) is 4.98 Å². The zero-order valence-corrected chi connectivity index (χ0v) is 28.2. The molecule has 0 saturated heterocycles. The van der Waals surface area contributed by atoms with Crippen molar-refractivity contribution in [3.05, 3.63) is 96.2 Å². The van der Waals surface area contributed by atoms with Crippen LogP contribution in [0.5, 0.6) is 5.75 Å². The Kier molecular flexibility index (Phi) is 11.6. The summed E-state index contributed by atoms with van der Waals surface area (Å²) in [5, 5.41) is 15.5. The third kappa shape index (κ3) is 10.7. The van der Waals surface area contributed by atoms with Crippen molar-refractivity contribution in [1.29, 1.82) is 0 Å². The normalized spacial score (nSPS) is 12.2. The van der Waals surface area contributed by atoms with E-state index in [1.54, 1.807) is 75.5 Å². The van der Waals surface area contributed by atoms with Gasteiger partial charge in [0.2, 0.25) is 0 Å². The molecule has 1 unspecified atom stereocenters. The van der Waals surface area contributed by atoms with Gasteiger partial charge in [-0.05, 0) is 101 Å². The van der Waals surface area contributed by atoms with Crippen LogP contribution >= 0.6 is 0 Å². The number of aromatic nitrogens is 1. The number of hydrogen-bond acceptors (Lipinski definition) is 9. The predicted molar refractivity (Wildman–Crippen MR) is 183 cm³/mol. The maximum Gasteiger partial charge on any atom is 0.440 e. The number of pyridine rings is 1. The van der Waals surface area contributed by atoms with Crippen molar-refractivity contribution >= 4 is 40.3 Å². The molecule has 3 aromatic carbocycles. The first kappa shape index (κ1) is 35.7. The lowest BCUT2D eigenvalue weighted by Gasteiger charge is -2.31. The molecule has 11 heteroatoms. The third-order valence-electron chi connectivity index (χ3n) is 6.67. The number of carboxylic acids is 1. The highest BCUT2D eigenvalue weighted by Crippen LogP contribution is 2.31. The van der Waals surface area contributed by atoms with E-state index in [1.165, 1.54) is 0 Å². The zero-order valence-electron chi connectivity index (χ0n) is 28.2. The lowest BCUT2D eigenvalue weighted by molar-refractivity contribution is -0.145. The summed E-state index contributed by atoms with van der Waals surface area (Å²) >= 11 is 0. The van der Waals surface area contributed by atoms with Crippen LogP contribution in [0.4, 0.5) is 16.3 Å². The van der Waals surface area contributed by atoms with Crippen LogP contribution in [0, 0.1) is 0 Å². The summed E-state index contributed by atoms with van der Waals surface area (Å²) in [7, 11) is 0. The van der Waals surface area contributed by atoms with E-state index in [-0.39, 0.29) is 24.8 Å². The fourth-order valence-corrected chi connectivity index (χ4v) is 4.59. The van der Waals surface area contributed by atoms with Crippen LogP contribution in [0.15, 0.2) is 85.1 Å². The molecule has 1 aromatic heterocycles. The zero-order chi connectivity index (χ0) is 34.9. The quantitative estimate of drug-likeness (QED) is 0.0831. The molecule has 0 saturated carbocycles. The van der Waals surface area contributed by atoms with Gasteiger partial charge in [0.25, 0.3) is 0 Å². The maximum atomic E-state index is 13.2. The minimum atomic E-state index is -1.07. The van der Waals surface area contributed by atoms with Crippen LogP contribution in [0.2, 0.25) is 0 Å². The Morgan fingerprint density at radius 3 is 2.25 bits per heavy atom. The Morgan fingerprint density at radius 1 is 0.896 bits per heavy atom. The minimum Gasteiger partial charge on any atom is -0.494 e. The van der Waals surface area contributed by atoms with Gasteiger partial charge in [-0.25, -0.2) is 14.6 Å². The summed E-state index contributed by atoms with van der Waals surface area (Å²) in [6.07, 6.45) is 1.54. The van der Waals surface area contributed by atoms with Gasteiger partial charge in [-0.2, -0.15) is 0 Å². The topological polar surface area (TPSA) is 137 Å². The number of amides is 1. The molecule has 0 aliphatic rings. The van der Waals surface area contributed by atoms with Gasteiger partial charge in [0.15, 0.2) is 11.9 Å². The largest absolute Gasteiger partial charge is 0.494 e. The highest BCUT2D eigenvalue weighted by molar-refractivity contribution is 6.00. The molecule has 1 heterocycles. The number of carbonyl (C=O) groups is 3. The van der Waals surface area contributed by atoms with Crippen LogP contribution < -0.4 is 15.1 Å². The van der Waals surface area contributed by atoms with Crippen molar-refractivity contribution < 1.29 is 38.5 Å². The molecule has 0 radical (unpaired) electrons. The first-order valence-electron chi connectivity index (χ1n) is 15.7. The van der Waals surface area contributed by atoms with E-state index in [2.05, 4.69) is 10.3 Å². The number of nitrogens with zero attached hydrogens (tertiary/aromatic N) is 2. The first-order valence-corrected chi connectivity index (χ1v) is 15.7. The third-order valence-corrected chi connectivity index (χ3v) is 6.67. The summed E-state index contributed by atoms with van der Waals surface area (Å²) in [5.74, 6) is -0.563. The van der Waals surface area contributed by atoms with E-state index in [0.29, 0.717) is 40.8 Å². The number of carbonyl (C=O) groups excluding carboxylic acids is 2. The van der Waals surface area contributed by atoms with Gasteiger partial charge in [-0.1, -0.05) is 42.5 Å². The molecule has 0 fully saturated rings. The molecule has 48 heavy (non-hydrogen) atoms. The molecule has 4 aromatic rings. The number of rotatable bonds is 13. The van der Waals surface area contributed by atoms with Gasteiger partial charge >= 0.3 is 18.0 Å². The van der Waals surface area contributed by atoms with Crippen LogP contribution in [-0.2, 0) is 30.5 Å². The monoisotopic (exact) mass is 657 g/mol. The van der Waals surface area contributed by atoms with E-state index in [9.17, 15) is 19.5 Å². The van der Waals surface area contributed by atoms with Gasteiger partial charge in [0.05, 0.1) is 12.2 Å². The molecule has 0 aliphatic heterocycles. The number of benzene rings is 3. The second-order valence-corrected chi connectivity index (χ2v) is 13.1. The van der Waals surface area contributed by atoms with Crippen molar-refractivity contribution in [3.63, 3.8) is 0 Å². The number of fused-ring (bicyclic) bond motifs is 1. The molecule has 1 amide bonds. The fourth-order valence-electron chi connectivity index (χ4n) is 4.59. The maximum absolute atomic E-state index is 13.2. The standard InChI is InChI=1S/C37H43N3O8/c1-36(2,3)47-35(44)40(48-37(4,5)6)33-30-19-16-28(23-27(30)20-21-38-33)39-32(34(42)43)26-14-17-29(18-15-26)45-22-10-13-31(41)46-24-25-11-8-7-9-12-25/h7-9,11-12,14-21,23,32,39H,10,13,22,24H2,1-6H3,(H,42,43). The second-order valence-electron chi connectivity index (χ2n) is 13.1. The summed E-state index contributed by atoms with van der Waals surface area (Å²) in [5.41, 5.74) is 0.509. The highest BCUT2D eigenvalue weighted by atomic mass is 16.7. The van der Waals surface area contributed by atoms with Gasteiger partial charge < -0.3 is 24.6 Å². The smallest absolute Gasteiger partial charge is 0.440 e. The van der Waals surface area contributed by atoms with E-state index in [0.717, 1.165) is 10.6 Å². The van der Waals surface area contributed by atoms with Crippen molar-refractivity contribution in [3.8, 4) is 5.75 Å². The molecule has 2 N–H and O–H groups in total. The summed E-state index contributed by atoms with van der Waals surface area (Å²) in [6, 6.07) is 22.2. The average Bonchev–Trinajstić information content (AvgIpc) is 3.02. The number of aliphatic carboxylic acids is 1. The highest BCUT2D eigenvalue weighted by Gasteiger charge is 2.31. The number of esters is 1. The minimum absolute atomic E-state index is 0.224. The number of nitrogens with one attached hydrogen (secondary N) is 1. The van der Waals surface area contributed by atoms with Gasteiger partial charge in [0.1, 0.15) is 18.0 Å². The van der Waals surface area contributed by atoms with E-state index in [4.69, 9.17) is 19.0 Å². The van der Waals surface area contributed by atoms with Crippen LogP contribution in [0.3, 0.4) is 0 Å². The molecule has 4 rings (SSSR count). The molecule has 11 nitrogen and oxygen atoms in total. The first-order chi connectivity index (χ1) is 22.7. The number of carboxylic acid groups (broad SMARTS) is 1. The van der Waals surface area contributed by atoms with Crippen molar-refractivity contribution in [2.75, 3.05) is 17.0 Å². The molecule has 0 spiro atoms. The lowest BCUT2D eigenvalue weighted by atomic mass is 10.1. The second kappa shape index (κ2) is 15.6. The Morgan fingerprint density at radius 2 is 1.60 bits per heavy atom.